The molecule has 126 valence electrons. The fourth-order valence-electron chi connectivity index (χ4n) is 1.58. The van der Waals surface area contributed by atoms with Gasteiger partial charge in [0.1, 0.15) is 12.1 Å². The Labute approximate surface area is 139 Å². The van der Waals surface area contributed by atoms with Crippen LogP contribution < -0.4 is 16.0 Å². The van der Waals surface area contributed by atoms with Crippen LogP contribution in [0.2, 0.25) is 5.02 Å². The van der Waals surface area contributed by atoms with Gasteiger partial charge in [-0.15, -0.1) is 0 Å². The highest BCUT2D eigenvalue weighted by Crippen LogP contribution is 2.25. The van der Waals surface area contributed by atoms with E-state index < -0.39 is 17.6 Å². The first kappa shape index (κ1) is 18.8. The second kappa shape index (κ2) is 7.82. The molecule has 0 bridgehead atoms. The summed E-state index contributed by atoms with van der Waals surface area (Å²) in [5, 5.41) is 7.90. The van der Waals surface area contributed by atoms with Gasteiger partial charge in [0, 0.05) is 11.9 Å². The van der Waals surface area contributed by atoms with Crippen LogP contribution in [0.15, 0.2) is 18.2 Å². The number of hydrogen-bond acceptors (Lipinski definition) is 4. The zero-order valence-electron chi connectivity index (χ0n) is 13.5. The molecular formula is C15H20ClN3O4. The summed E-state index contributed by atoms with van der Waals surface area (Å²) >= 11 is 5.86. The highest BCUT2D eigenvalue weighted by Gasteiger charge is 2.17. The maximum Gasteiger partial charge on any atom is 0.408 e. The Hall–Kier alpha value is -2.28. The van der Waals surface area contributed by atoms with E-state index in [9.17, 15) is 14.4 Å². The molecule has 0 aliphatic rings. The van der Waals surface area contributed by atoms with E-state index in [-0.39, 0.29) is 12.5 Å². The van der Waals surface area contributed by atoms with Crippen molar-refractivity contribution >= 4 is 40.9 Å². The summed E-state index contributed by atoms with van der Waals surface area (Å²) in [6.45, 7) is 6.24. The van der Waals surface area contributed by atoms with Gasteiger partial charge in [0.2, 0.25) is 11.8 Å². The number of benzene rings is 1. The molecule has 3 amide bonds. The standard InChI is InChI=1S/C15H20ClN3O4/c1-9(20)18-12-7-10(16)5-6-11(12)19-13(21)8-17-14(22)23-15(2,3)4/h5-7H,8H2,1-4H3,(H,17,22)(H,18,20)(H,19,21). The van der Waals surface area contributed by atoms with Gasteiger partial charge in [0.15, 0.2) is 0 Å². The molecule has 0 heterocycles. The smallest absolute Gasteiger partial charge is 0.408 e. The van der Waals surface area contributed by atoms with Crippen molar-refractivity contribution in [1.82, 2.24) is 5.32 Å². The maximum absolute atomic E-state index is 11.9. The van der Waals surface area contributed by atoms with Crippen LogP contribution in [-0.2, 0) is 14.3 Å². The molecule has 8 heteroatoms. The van der Waals surface area contributed by atoms with Gasteiger partial charge < -0.3 is 20.7 Å². The summed E-state index contributed by atoms with van der Waals surface area (Å²) in [5.41, 5.74) is 0.103. The largest absolute Gasteiger partial charge is 0.444 e. The van der Waals surface area contributed by atoms with Gasteiger partial charge in [-0.05, 0) is 39.0 Å². The summed E-state index contributed by atoms with van der Waals surface area (Å²) in [4.78, 5) is 34.5. The predicted octanol–water partition coefficient (Wildman–Crippen LogP) is 2.76. The Bertz CT molecular complexity index is 611. The summed E-state index contributed by atoms with van der Waals surface area (Å²) in [6.07, 6.45) is -0.689. The number of amides is 3. The topological polar surface area (TPSA) is 96.5 Å². The lowest BCUT2D eigenvalue weighted by Gasteiger charge is -2.19. The summed E-state index contributed by atoms with van der Waals surface area (Å²) in [5.74, 6) is -0.764. The van der Waals surface area contributed by atoms with Gasteiger partial charge >= 0.3 is 6.09 Å². The lowest BCUT2D eigenvalue weighted by atomic mass is 10.2. The quantitative estimate of drug-likeness (QED) is 0.784. The zero-order chi connectivity index (χ0) is 17.6. The van der Waals surface area contributed by atoms with E-state index >= 15 is 0 Å². The highest BCUT2D eigenvalue weighted by molar-refractivity contribution is 6.31. The van der Waals surface area contributed by atoms with Gasteiger partial charge in [0.05, 0.1) is 11.4 Å². The lowest BCUT2D eigenvalue weighted by Crippen LogP contribution is -2.37. The minimum absolute atomic E-state index is 0.267. The molecule has 0 saturated heterocycles. The van der Waals surface area contributed by atoms with Gasteiger partial charge in [-0.2, -0.15) is 0 Å². The van der Waals surface area contributed by atoms with Gasteiger partial charge in [0.25, 0.3) is 0 Å². The van der Waals surface area contributed by atoms with Crippen LogP contribution in [0.3, 0.4) is 0 Å². The molecule has 0 unspecified atom stereocenters. The first-order valence-electron chi connectivity index (χ1n) is 6.90. The molecule has 7 nitrogen and oxygen atoms in total. The van der Waals surface area contributed by atoms with Crippen LogP contribution in [0.25, 0.3) is 0 Å². The fourth-order valence-corrected chi connectivity index (χ4v) is 1.75. The monoisotopic (exact) mass is 341 g/mol. The van der Waals surface area contributed by atoms with E-state index in [1.807, 2.05) is 0 Å². The Balaban J connectivity index is 2.64. The molecule has 0 spiro atoms. The first-order valence-corrected chi connectivity index (χ1v) is 7.28. The van der Waals surface area contributed by atoms with Crippen molar-refractivity contribution in [3.8, 4) is 0 Å². The van der Waals surface area contributed by atoms with E-state index in [1.165, 1.54) is 13.0 Å². The second-order valence-corrected chi connectivity index (χ2v) is 6.21. The Morgan fingerprint density at radius 3 is 2.35 bits per heavy atom. The SMILES string of the molecule is CC(=O)Nc1cc(Cl)ccc1NC(=O)CNC(=O)OC(C)(C)C. The van der Waals surface area contributed by atoms with Crippen LogP contribution in [-0.4, -0.2) is 30.1 Å². The van der Waals surface area contributed by atoms with Crippen LogP contribution in [0.1, 0.15) is 27.7 Å². The summed E-state index contributed by atoms with van der Waals surface area (Å²) in [7, 11) is 0. The number of rotatable bonds is 4. The van der Waals surface area contributed by atoms with Gasteiger partial charge in [-0.25, -0.2) is 4.79 Å². The number of ether oxygens (including phenoxy) is 1. The number of carbonyl (C=O) groups excluding carboxylic acids is 3. The van der Waals surface area contributed by atoms with E-state index in [4.69, 9.17) is 16.3 Å². The molecule has 0 aliphatic carbocycles. The van der Waals surface area contributed by atoms with Crippen molar-refractivity contribution in [2.75, 3.05) is 17.2 Å². The van der Waals surface area contributed by atoms with Crippen molar-refractivity contribution < 1.29 is 19.1 Å². The van der Waals surface area contributed by atoms with Crippen molar-refractivity contribution in [1.29, 1.82) is 0 Å². The summed E-state index contributed by atoms with van der Waals surface area (Å²) < 4.78 is 5.03. The minimum Gasteiger partial charge on any atom is -0.444 e. The highest BCUT2D eigenvalue weighted by atomic mass is 35.5. The van der Waals surface area contributed by atoms with E-state index in [1.54, 1.807) is 32.9 Å². The molecule has 0 radical (unpaired) electrons. The molecule has 0 aromatic heterocycles. The van der Waals surface area contributed by atoms with E-state index in [0.717, 1.165) is 0 Å². The van der Waals surface area contributed by atoms with Crippen molar-refractivity contribution in [3.05, 3.63) is 23.2 Å². The van der Waals surface area contributed by atoms with Crippen molar-refractivity contribution in [3.63, 3.8) is 0 Å². The normalized spacial score (nSPS) is 10.7. The number of anilines is 2. The first-order chi connectivity index (χ1) is 10.6. The number of halogens is 1. The average Bonchev–Trinajstić information content (AvgIpc) is 2.37. The molecule has 1 aromatic carbocycles. The summed E-state index contributed by atoms with van der Waals surface area (Å²) in [6, 6.07) is 4.64. The fraction of sp³-hybridized carbons (Fsp3) is 0.400. The second-order valence-electron chi connectivity index (χ2n) is 5.77. The number of alkyl carbamates (subject to hydrolysis) is 1. The molecule has 3 N–H and O–H groups in total. The van der Waals surface area contributed by atoms with Crippen LogP contribution in [0.5, 0.6) is 0 Å². The third-order valence-corrected chi connectivity index (χ3v) is 2.59. The van der Waals surface area contributed by atoms with E-state index in [2.05, 4.69) is 16.0 Å². The van der Waals surface area contributed by atoms with Crippen molar-refractivity contribution in [2.24, 2.45) is 0 Å². The Kier molecular flexibility index (Phi) is 6.38. The minimum atomic E-state index is -0.689. The lowest BCUT2D eigenvalue weighted by molar-refractivity contribution is -0.116. The molecular weight excluding hydrogens is 322 g/mol. The van der Waals surface area contributed by atoms with Crippen LogP contribution in [0, 0.1) is 0 Å². The molecule has 0 atom stereocenters. The predicted molar refractivity (Wildman–Crippen MR) is 88.6 cm³/mol. The molecule has 0 saturated carbocycles. The molecule has 0 aliphatic heterocycles. The van der Waals surface area contributed by atoms with Crippen LogP contribution in [0.4, 0.5) is 16.2 Å². The Morgan fingerprint density at radius 1 is 1.13 bits per heavy atom. The Morgan fingerprint density at radius 2 is 1.78 bits per heavy atom. The van der Waals surface area contributed by atoms with Gasteiger partial charge in [-0.1, -0.05) is 11.6 Å². The van der Waals surface area contributed by atoms with Crippen LogP contribution >= 0.6 is 11.6 Å². The molecule has 1 rings (SSSR count). The maximum atomic E-state index is 11.9. The third kappa shape index (κ3) is 7.51. The number of hydrogen-bond donors (Lipinski definition) is 3. The molecule has 23 heavy (non-hydrogen) atoms. The van der Waals surface area contributed by atoms with Crippen molar-refractivity contribution in [2.45, 2.75) is 33.3 Å². The third-order valence-electron chi connectivity index (χ3n) is 2.36. The number of carbonyl (C=O) groups is 3. The number of nitrogens with one attached hydrogen (secondary N) is 3. The molecule has 1 aromatic rings. The zero-order valence-corrected chi connectivity index (χ0v) is 14.2. The average molecular weight is 342 g/mol. The molecule has 0 fully saturated rings. The van der Waals surface area contributed by atoms with E-state index in [0.29, 0.717) is 16.4 Å². The van der Waals surface area contributed by atoms with Gasteiger partial charge in [-0.3, -0.25) is 9.59 Å².